The zero-order valence-corrected chi connectivity index (χ0v) is 16.6. The van der Waals surface area contributed by atoms with Crippen LogP contribution >= 0.6 is 0 Å². The van der Waals surface area contributed by atoms with E-state index in [9.17, 15) is 9.59 Å². The Morgan fingerprint density at radius 1 is 0.800 bits per heavy atom. The molecule has 0 aliphatic rings. The second-order valence-electron chi connectivity index (χ2n) is 6.77. The van der Waals surface area contributed by atoms with Crippen molar-refractivity contribution in [3.63, 3.8) is 0 Å². The summed E-state index contributed by atoms with van der Waals surface area (Å²) >= 11 is 0. The summed E-state index contributed by atoms with van der Waals surface area (Å²) in [5, 5.41) is 2.72. The van der Waals surface area contributed by atoms with E-state index in [0.29, 0.717) is 29.8 Å². The Morgan fingerprint density at radius 3 is 2.20 bits per heavy atom. The third kappa shape index (κ3) is 6.04. The Kier molecular flexibility index (Phi) is 7.34. The molecule has 0 aliphatic carbocycles. The van der Waals surface area contributed by atoms with Crippen LogP contribution in [0.5, 0.6) is 0 Å². The molecule has 0 saturated carbocycles. The molecule has 0 radical (unpaired) electrons. The molecule has 0 heterocycles. The van der Waals surface area contributed by atoms with Crippen LogP contribution < -0.4 is 11.1 Å². The van der Waals surface area contributed by atoms with Gasteiger partial charge in [0.15, 0.2) is 5.78 Å². The minimum atomic E-state index is -0.257. The molecule has 1 amide bonds. The van der Waals surface area contributed by atoms with Gasteiger partial charge in [0.25, 0.3) is 0 Å². The molecule has 0 aromatic heterocycles. The second kappa shape index (κ2) is 10.6. The maximum Gasteiger partial charge on any atom is 0.248 e. The quantitative estimate of drug-likeness (QED) is 0.224. The van der Waals surface area contributed by atoms with E-state index in [1.807, 2.05) is 72.8 Å². The number of Topliss-reactive ketones (excluding diaryl/α,β-unsaturated/α-hetero) is 1. The Labute approximate surface area is 176 Å². The zero-order valence-electron chi connectivity index (χ0n) is 16.6. The number of hydrogen-bond acceptors (Lipinski definition) is 3. The van der Waals surface area contributed by atoms with Gasteiger partial charge in [-0.3, -0.25) is 9.59 Å². The molecule has 0 fully saturated rings. The molecule has 0 bridgehead atoms. The van der Waals surface area contributed by atoms with Crippen LogP contribution in [0.3, 0.4) is 0 Å². The molecular weight excluding hydrogens is 372 g/mol. The average Bonchev–Trinajstić information content (AvgIpc) is 2.78. The first-order valence-corrected chi connectivity index (χ1v) is 9.81. The normalized spacial score (nSPS) is 11.1. The van der Waals surface area contributed by atoms with Crippen molar-refractivity contribution in [1.29, 1.82) is 0 Å². The van der Waals surface area contributed by atoms with Gasteiger partial charge in [0.1, 0.15) is 0 Å². The number of rotatable bonds is 8. The summed E-state index contributed by atoms with van der Waals surface area (Å²) in [5.41, 5.74) is 9.82. The fraction of sp³-hybridized carbons (Fsp3) is 0.0769. The molecule has 0 spiro atoms. The minimum absolute atomic E-state index is 0.0977. The number of ketones is 1. The highest BCUT2D eigenvalue weighted by molar-refractivity contribution is 6.01. The van der Waals surface area contributed by atoms with Gasteiger partial charge in [0.05, 0.1) is 11.4 Å². The lowest BCUT2D eigenvalue weighted by Gasteiger charge is -2.04. The summed E-state index contributed by atoms with van der Waals surface area (Å²) in [6.45, 7) is 0. The molecule has 0 unspecified atom stereocenters. The van der Waals surface area contributed by atoms with Gasteiger partial charge >= 0.3 is 0 Å². The molecule has 0 aliphatic heterocycles. The van der Waals surface area contributed by atoms with Crippen LogP contribution in [0.1, 0.15) is 23.2 Å². The van der Waals surface area contributed by atoms with E-state index < -0.39 is 0 Å². The molecule has 3 rings (SSSR count). The molecular formula is C26H24N2O2. The number of para-hydroxylation sites is 2. The number of amides is 1. The average molecular weight is 396 g/mol. The van der Waals surface area contributed by atoms with Crippen LogP contribution in [0.2, 0.25) is 0 Å². The Hall–Kier alpha value is -3.92. The molecule has 3 aromatic carbocycles. The highest BCUT2D eigenvalue weighted by Gasteiger charge is 2.05. The first kappa shape index (κ1) is 20.8. The number of anilines is 2. The lowest BCUT2D eigenvalue weighted by atomic mass is 10.0. The predicted octanol–water partition coefficient (Wildman–Crippen LogP) is 5.65. The smallest absolute Gasteiger partial charge is 0.248 e. The molecule has 4 heteroatoms. The fourth-order valence-corrected chi connectivity index (χ4v) is 2.94. The molecule has 0 saturated heterocycles. The van der Waals surface area contributed by atoms with Crippen molar-refractivity contribution in [1.82, 2.24) is 0 Å². The minimum Gasteiger partial charge on any atom is -0.397 e. The third-order valence-corrected chi connectivity index (χ3v) is 4.57. The number of nitrogens with one attached hydrogen (secondary N) is 1. The molecule has 30 heavy (non-hydrogen) atoms. The molecule has 150 valence electrons. The first-order valence-electron chi connectivity index (χ1n) is 9.81. The van der Waals surface area contributed by atoms with Crippen LogP contribution in [-0.2, 0) is 4.79 Å². The van der Waals surface area contributed by atoms with Crippen LogP contribution in [0.25, 0.3) is 11.1 Å². The van der Waals surface area contributed by atoms with Gasteiger partial charge in [-0.1, -0.05) is 85.0 Å². The van der Waals surface area contributed by atoms with E-state index in [-0.39, 0.29) is 11.7 Å². The van der Waals surface area contributed by atoms with Gasteiger partial charge in [0, 0.05) is 18.1 Å². The van der Waals surface area contributed by atoms with Crippen molar-refractivity contribution in [2.24, 2.45) is 0 Å². The lowest BCUT2D eigenvalue weighted by Crippen LogP contribution is -2.09. The van der Waals surface area contributed by atoms with E-state index in [4.69, 9.17) is 5.73 Å². The van der Waals surface area contributed by atoms with Crippen LogP contribution in [0.4, 0.5) is 11.4 Å². The lowest BCUT2D eigenvalue weighted by molar-refractivity contribution is -0.111. The number of benzene rings is 3. The van der Waals surface area contributed by atoms with Gasteiger partial charge in [-0.15, -0.1) is 0 Å². The number of nitrogens with two attached hydrogens (primary N) is 1. The molecule has 3 aromatic rings. The number of allylic oxidation sites excluding steroid dienone is 3. The summed E-state index contributed by atoms with van der Waals surface area (Å²) in [6.07, 6.45) is 7.73. The summed E-state index contributed by atoms with van der Waals surface area (Å²) < 4.78 is 0. The SMILES string of the molecule is Nc1ccccc1NC(=O)/C=C/C=C/CCC(=O)c1ccc(-c2ccccc2)cc1. The van der Waals surface area contributed by atoms with E-state index in [1.165, 1.54) is 6.08 Å². The van der Waals surface area contributed by atoms with Gasteiger partial charge in [-0.2, -0.15) is 0 Å². The maximum atomic E-state index is 12.3. The van der Waals surface area contributed by atoms with Gasteiger partial charge in [0.2, 0.25) is 5.91 Å². The highest BCUT2D eigenvalue weighted by atomic mass is 16.1. The van der Waals surface area contributed by atoms with E-state index >= 15 is 0 Å². The van der Waals surface area contributed by atoms with Crippen LogP contribution in [0, 0.1) is 0 Å². The van der Waals surface area contributed by atoms with Crippen molar-refractivity contribution in [3.8, 4) is 11.1 Å². The number of carbonyl (C=O) groups excluding carboxylic acids is 2. The van der Waals surface area contributed by atoms with E-state index in [0.717, 1.165) is 11.1 Å². The number of nitrogen functional groups attached to an aromatic ring is 1. The molecule has 3 N–H and O–H groups in total. The third-order valence-electron chi connectivity index (χ3n) is 4.57. The van der Waals surface area contributed by atoms with Crippen LogP contribution in [-0.4, -0.2) is 11.7 Å². The van der Waals surface area contributed by atoms with Crippen molar-refractivity contribution >= 4 is 23.1 Å². The molecule has 0 atom stereocenters. The van der Waals surface area contributed by atoms with E-state index in [1.54, 1.807) is 24.3 Å². The molecule has 4 nitrogen and oxygen atoms in total. The second-order valence-corrected chi connectivity index (χ2v) is 6.77. The summed E-state index contributed by atoms with van der Waals surface area (Å²) in [5.74, 6) is -0.160. The van der Waals surface area contributed by atoms with Crippen molar-refractivity contribution < 1.29 is 9.59 Å². The van der Waals surface area contributed by atoms with Crippen molar-refractivity contribution in [2.75, 3.05) is 11.1 Å². The number of carbonyl (C=O) groups is 2. The maximum absolute atomic E-state index is 12.3. The topological polar surface area (TPSA) is 72.2 Å². The number of hydrogen-bond donors (Lipinski definition) is 2. The van der Waals surface area contributed by atoms with Gasteiger partial charge < -0.3 is 11.1 Å². The Balaban J connectivity index is 1.44. The monoisotopic (exact) mass is 396 g/mol. The van der Waals surface area contributed by atoms with Gasteiger partial charge in [-0.25, -0.2) is 0 Å². The Bertz CT molecular complexity index is 1050. The standard InChI is InChI=1S/C26H24N2O2/c27-23-12-8-9-13-24(23)28-26(30)15-7-2-1-6-14-25(29)22-18-16-21(17-19-22)20-10-4-3-5-11-20/h1-5,7-13,15-19H,6,14,27H2,(H,28,30)/b2-1+,15-7+. The first-order chi connectivity index (χ1) is 14.6. The van der Waals surface area contributed by atoms with Gasteiger partial charge in [-0.05, 0) is 29.7 Å². The zero-order chi connectivity index (χ0) is 21.2. The fourth-order valence-electron chi connectivity index (χ4n) is 2.94. The Morgan fingerprint density at radius 2 is 1.47 bits per heavy atom. The largest absolute Gasteiger partial charge is 0.397 e. The van der Waals surface area contributed by atoms with Crippen molar-refractivity contribution in [3.05, 3.63) is 109 Å². The predicted molar refractivity (Wildman–Crippen MR) is 123 cm³/mol. The summed E-state index contributed by atoms with van der Waals surface area (Å²) in [4.78, 5) is 24.2. The van der Waals surface area contributed by atoms with Crippen LogP contribution in [0.15, 0.2) is 103 Å². The summed E-state index contributed by atoms with van der Waals surface area (Å²) in [6, 6.07) is 24.8. The van der Waals surface area contributed by atoms with Crippen molar-refractivity contribution in [2.45, 2.75) is 12.8 Å². The highest BCUT2D eigenvalue weighted by Crippen LogP contribution is 2.20. The van der Waals surface area contributed by atoms with E-state index in [2.05, 4.69) is 5.32 Å². The summed E-state index contributed by atoms with van der Waals surface area (Å²) in [7, 11) is 0.